The van der Waals surface area contributed by atoms with Gasteiger partial charge in [-0.2, -0.15) is 5.26 Å². The molecule has 0 saturated heterocycles. The molecule has 2 aromatic carbocycles. The number of para-hydroxylation sites is 2. The van der Waals surface area contributed by atoms with Gasteiger partial charge in [-0.3, -0.25) is 9.59 Å². The van der Waals surface area contributed by atoms with Crippen LogP contribution in [0.2, 0.25) is 0 Å². The predicted molar refractivity (Wildman–Crippen MR) is 92.1 cm³/mol. The van der Waals surface area contributed by atoms with Gasteiger partial charge in [-0.1, -0.05) is 36.4 Å². The topological polar surface area (TPSA) is 73.2 Å². The highest BCUT2D eigenvalue weighted by Crippen LogP contribution is 2.38. The normalized spacial score (nSPS) is 14.8. The number of nitriles is 1. The zero-order valence-corrected chi connectivity index (χ0v) is 13.1. The minimum atomic E-state index is -0.584. The molecule has 0 spiro atoms. The highest BCUT2D eigenvalue weighted by molar-refractivity contribution is 6.37. The fourth-order valence-electron chi connectivity index (χ4n) is 2.77. The van der Waals surface area contributed by atoms with Crippen molar-refractivity contribution < 1.29 is 9.59 Å². The van der Waals surface area contributed by atoms with Crippen LogP contribution in [0.25, 0.3) is 5.57 Å². The van der Waals surface area contributed by atoms with E-state index in [1.807, 2.05) is 31.2 Å². The van der Waals surface area contributed by atoms with Crippen molar-refractivity contribution in [2.75, 3.05) is 16.8 Å². The van der Waals surface area contributed by atoms with Gasteiger partial charge in [-0.15, -0.1) is 0 Å². The third-order valence-corrected chi connectivity index (χ3v) is 3.86. The van der Waals surface area contributed by atoms with Gasteiger partial charge in [-0.05, 0) is 25.1 Å². The summed E-state index contributed by atoms with van der Waals surface area (Å²) in [4.78, 5) is 26.8. The molecule has 0 fully saturated rings. The van der Waals surface area contributed by atoms with Crippen molar-refractivity contribution in [3.63, 3.8) is 0 Å². The van der Waals surface area contributed by atoms with Crippen LogP contribution in [0.1, 0.15) is 12.5 Å². The quantitative estimate of drug-likeness (QED) is 0.698. The lowest BCUT2D eigenvalue weighted by Crippen LogP contribution is -2.27. The first kappa shape index (κ1) is 15.5. The van der Waals surface area contributed by atoms with Gasteiger partial charge in [0.2, 0.25) is 0 Å². The van der Waals surface area contributed by atoms with Crippen LogP contribution < -0.4 is 10.2 Å². The lowest BCUT2D eigenvalue weighted by molar-refractivity contribution is -0.114. The minimum Gasteiger partial charge on any atom is -0.321 e. The third-order valence-electron chi connectivity index (χ3n) is 3.86. The van der Waals surface area contributed by atoms with Crippen LogP contribution in [0.5, 0.6) is 0 Å². The summed E-state index contributed by atoms with van der Waals surface area (Å²) < 4.78 is 0. The number of benzene rings is 2. The van der Waals surface area contributed by atoms with E-state index < -0.39 is 5.91 Å². The second-order valence-corrected chi connectivity index (χ2v) is 5.25. The molecule has 2 amide bonds. The zero-order valence-electron chi connectivity index (χ0n) is 13.1. The average molecular weight is 317 g/mol. The van der Waals surface area contributed by atoms with E-state index in [1.54, 1.807) is 41.3 Å². The van der Waals surface area contributed by atoms with Crippen molar-refractivity contribution in [1.82, 2.24) is 0 Å². The highest BCUT2D eigenvalue weighted by atomic mass is 16.2. The lowest BCUT2D eigenvalue weighted by atomic mass is 10.0. The van der Waals surface area contributed by atoms with Crippen LogP contribution >= 0.6 is 0 Å². The Morgan fingerprint density at radius 1 is 1.12 bits per heavy atom. The molecule has 0 saturated carbocycles. The molecule has 118 valence electrons. The Labute approximate surface area is 139 Å². The Bertz CT molecular complexity index is 879. The van der Waals surface area contributed by atoms with Gasteiger partial charge in [0.1, 0.15) is 11.6 Å². The molecule has 5 nitrogen and oxygen atoms in total. The Kier molecular flexibility index (Phi) is 4.13. The van der Waals surface area contributed by atoms with Crippen LogP contribution in [0.3, 0.4) is 0 Å². The molecule has 0 aliphatic carbocycles. The predicted octanol–water partition coefficient (Wildman–Crippen LogP) is 2.97. The monoisotopic (exact) mass is 317 g/mol. The molecular weight excluding hydrogens is 302 g/mol. The van der Waals surface area contributed by atoms with Gasteiger partial charge in [0, 0.05) is 17.8 Å². The number of nitrogens with zero attached hydrogens (tertiary/aromatic N) is 2. The van der Waals surface area contributed by atoms with Crippen molar-refractivity contribution in [2.45, 2.75) is 6.92 Å². The van der Waals surface area contributed by atoms with Gasteiger partial charge >= 0.3 is 0 Å². The molecule has 0 atom stereocenters. The molecule has 0 bridgehead atoms. The summed E-state index contributed by atoms with van der Waals surface area (Å²) >= 11 is 0. The van der Waals surface area contributed by atoms with Crippen LogP contribution in [-0.4, -0.2) is 18.4 Å². The van der Waals surface area contributed by atoms with Gasteiger partial charge in [-0.25, -0.2) is 0 Å². The number of carbonyl (C=O) groups is 2. The number of hydrogen-bond acceptors (Lipinski definition) is 3. The van der Waals surface area contributed by atoms with E-state index in [-0.39, 0.29) is 17.1 Å². The molecule has 24 heavy (non-hydrogen) atoms. The lowest BCUT2D eigenvalue weighted by Gasteiger charge is -2.13. The Hall–Kier alpha value is -3.39. The SMILES string of the molecule is CCN1C(=O)/C(=C(\C#N)C(=O)Nc2ccccc2)c2ccccc21. The van der Waals surface area contributed by atoms with Crippen LogP contribution in [-0.2, 0) is 9.59 Å². The minimum absolute atomic E-state index is 0.156. The van der Waals surface area contributed by atoms with E-state index in [1.165, 1.54) is 0 Å². The molecular formula is C19H15N3O2. The van der Waals surface area contributed by atoms with E-state index in [0.717, 1.165) is 5.69 Å². The van der Waals surface area contributed by atoms with Gasteiger partial charge in [0.05, 0.1) is 11.3 Å². The molecule has 1 aliphatic rings. The summed E-state index contributed by atoms with van der Waals surface area (Å²) in [6.45, 7) is 2.33. The van der Waals surface area contributed by atoms with Crippen molar-refractivity contribution in [3.05, 3.63) is 65.7 Å². The largest absolute Gasteiger partial charge is 0.321 e. The Morgan fingerprint density at radius 2 is 1.79 bits per heavy atom. The molecule has 0 radical (unpaired) electrons. The number of hydrogen-bond donors (Lipinski definition) is 1. The van der Waals surface area contributed by atoms with Crippen LogP contribution in [0.15, 0.2) is 60.2 Å². The summed E-state index contributed by atoms with van der Waals surface area (Å²) in [5.41, 5.74) is 1.89. The molecule has 1 N–H and O–H groups in total. The van der Waals surface area contributed by atoms with Crippen molar-refractivity contribution in [2.24, 2.45) is 0 Å². The maximum absolute atomic E-state index is 12.7. The van der Waals surface area contributed by atoms with Crippen molar-refractivity contribution in [1.29, 1.82) is 5.26 Å². The van der Waals surface area contributed by atoms with Crippen LogP contribution in [0, 0.1) is 11.3 Å². The fraction of sp³-hybridized carbons (Fsp3) is 0.105. The average Bonchev–Trinajstić information content (AvgIpc) is 2.88. The van der Waals surface area contributed by atoms with E-state index in [2.05, 4.69) is 5.32 Å². The summed E-state index contributed by atoms with van der Waals surface area (Å²) in [5.74, 6) is -0.904. The summed E-state index contributed by atoms with van der Waals surface area (Å²) in [7, 11) is 0. The molecule has 2 aromatic rings. The molecule has 1 heterocycles. The van der Waals surface area contributed by atoms with Crippen LogP contribution in [0.4, 0.5) is 11.4 Å². The highest BCUT2D eigenvalue weighted by Gasteiger charge is 2.35. The number of fused-ring (bicyclic) bond motifs is 1. The molecule has 1 aliphatic heterocycles. The van der Waals surface area contributed by atoms with Gasteiger partial charge in [0.25, 0.3) is 11.8 Å². The summed E-state index contributed by atoms with van der Waals surface area (Å²) in [6, 6.07) is 17.9. The van der Waals surface area contributed by atoms with E-state index in [4.69, 9.17) is 0 Å². The third kappa shape index (κ3) is 2.55. The number of likely N-dealkylation sites (N-methyl/N-ethyl adjacent to an activating group) is 1. The molecule has 3 rings (SSSR count). The first-order valence-corrected chi connectivity index (χ1v) is 7.59. The van der Waals surface area contributed by atoms with Gasteiger partial charge < -0.3 is 10.2 Å². The maximum Gasteiger partial charge on any atom is 0.267 e. The van der Waals surface area contributed by atoms with E-state index in [9.17, 15) is 14.9 Å². The standard InChI is InChI=1S/C19H15N3O2/c1-2-22-16-11-7-6-10-14(16)17(19(22)24)15(12-20)18(23)21-13-8-4-3-5-9-13/h3-11H,2H2,1H3,(H,21,23)/b17-15+. The zero-order chi connectivity index (χ0) is 17.1. The van der Waals surface area contributed by atoms with Crippen molar-refractivity contribution in [3.8, 4) is 6.07 Å². The smallest absolute Gasteiger partial charge is 0.267 e. The maximum atomic E-state index is 12.7. The summed E-state index contributed by atoms with van der Waals surface area (Å²) in [6.07, 6.45) is 0. The second kappa shape index (κ2) is 6.39. The Morgan fingerprint density at radius 3 is 2.46 bits per heavy atom. The summed E-state index contributed by atoms with van der Waals surface area (Å²) in [5, 5.41) is 12.2. The number of anilines is 2. The first-order chi connectivity index (χ1) is 11.7. The fourth-order valence-corrected chi connectivity index (χ4v) is 2.77. The van der Waals surface area contributed by atoms with E-state index >= 15 is 0 Å². The number of carbonyl (C=O) groups excluding carboxylic acids is 2. The van der Waals surface area contributed by atoms with Gasteiger partial charge in [0.15, 0.2) is 0 Å². The Balaban J connectivity index is 2.07. The number of rotatable bonds is 3. The van der Waals surface area contributed by atoms with Crippen molar-refractivity contribution >= 4 is 28.8 Å². The number of nitrogens with one attached hydrogen (secondary N) is 1. The van der Waals surface area contributed by atoms with E-state index in [0.29, 0.717) is 17.8 Å². The number of amides is 2. The second-order valence-electron chi connectivity index (χ2n) is 5.25. The first-order valence-electron chi connectivity index (χ1n) is 7.59. The molecule has 0 unspecified atom stereocenters. The molecule has 5 heteroatoms. The molecule has 0 aromatic heterocycles.